The Morgan fingerprint density at radius 3 is 2.52 bits per heavy atom. The Hall–Kier alpha value is -3.53. The molecule has 2 aromatic heterocycles. The van der Waals surface area contributed by atoms with E-state index in [0.29, 0.717) is 61.0 Å². The molecule has 3 atom stereocenters. The number of nitrogens with zero attached hydrogens (tertiary/aromatic N) is 6. The number of nitrogens with one attached hydrogen (secondary N) is 1. The van der Waals surface area contributed by atoms with Crippen molar-refractivity contribution in [3.8, 4) is 17.0 Å². The van der Waals surface area contributed by atoms with Crippen molar-refractivity contribution in [3.63, 3.8) is 0 Å². The number of methoxy groups -OCH3 is 1. The quantitative estimate of drug-likeness (QED) is 0.276. The van der Waals surface area contributed by atoms with E-state index in [2.05, 4.69) is 32.1 Å². The van der Waals surface area contributed by atoms with Gasteiger partial charge in [0.1, 0.15) is 23.3 Å². The molecule has 0 aliphatic carbocycles. The average Bonchev–Trinajstić information content (AvgIpc) is 3.61. The van der Waals surface area contributed by atoms with Crippen LogP contribution in [0.2, 0.25) is 0 Å². The molecule has 44 heavy (non-hydrogen) atoms. The molecule has 3 N–H and O–H groups in total. The SMILES string of the molecule is COc1ccc(-c2nc(NC(O)c3cnc(N4CCN(C(C)C(=O)O)CC4)cn3)sc2CN2CCC[C@H]2C)cc1C(F)(F)F. The second-order valence-electron chi connectivity index (χ2n) is 11.0. The van der Waals surface area contributed by atoms with Crippen molar-refractivity contribution in [3.05, 3.63) is 46.7 Å². The monoisotopic (exact) mass is 635 g/mol. The molecule has 0 bridgehead atoms. The van der Waals surface area contributed by atoms with Gasteiger partial charge in [-0.15, -0.1) is 11.3 Å². The predicted octanol–water partition coefficient (Wildman–Crippen LogP) is 4.31. The van der Waals surface area contributed by atoms with Gasteiger partial charge in [0, 0.05) is 49.2 Å². The molecule has 2 aliphatic heterocycles. The minimum Gasteiger partial charge on any atom is -0.496 e. The minimum atomic E-state index is -4.60. The molecule has 2 aliphatic rings. The van der Waals surface area contributed by atoms with Gasteiger partial charge in [-0.05, 0) is 51.4 Å². The number of carboxylic acids is 1. The number of thiazole rings is 1. The number of piperazine rings is 1. The summed E-state index contributed by atoms with van der Waals surface area (Å²) in [6.07, 6.45) is -0.757. The number of alkyl halides is 3. The van der Waals surface area contributed by atoms with Gasteiger partial charge < -0.3 is 25.2 Å². The second kappa shape index (κ2) is 13.2. The lowest BCUT2D eigenvalue weighted by atomic mass is 10.1. The Kier molecular flexibility index (Phi) is 9.58. The fourth-order valence-electron chi connectivity index (χ4n) is 5.56. The zero-order valence-electron chi connectivity index (χ0n) is 24.7. The van der Waals surface area contributed by atoms with E-state index in [9.17, 15) is 28.2 Å². The van der Waals surface area contributed by atoms with Crippen LogP contribution < -0.4 is 15.0 Å². The van der Waals surface area contributed by atoms with Gasteiger partial charge in [-0.3, -0.25) is 19.6 Å². The molecular weight excluding hydrogens is 599 g/mol. The van der Waals surface area contributed by atoms with Gasteiger partial charge in [0.15, 0.2) is 11.4 Å². The molecule has 2 saturated heterocycles. The summed E-state index contributed by atoms with van der Waals surface area (Å²) < 4.78 is 46.4. The van der Waals surface area contributed by atoms with Crippen molar-refractivity contribution >= 4 is 28.3 Å². The summed E-state index contributed by atoms with van der Waals surface area (Å²) in [4.78, 5) is 31.7. The van der Waals surface area contributed by atoms with Crippen molar-refractivity contribution in [1.29, 1.82) is 0 Å². The number of benzene rings is 1. The summed E-state index contributed by atoms with van der Waals surface area (Å²) in [5.74, 6) is -0.509. The van der Waals surface area contributed by atoms with Crippen molar-refractivity contribution in [2.45, 2.75) is 57.7 Å². The number of aromatic nitrogens is 3. The Bertz CT molecular complexity index is 1450. The van der Waals surface area contributed by atoms with Crippen LogP contribution in [-0.2, 0) is 17.5 Å². The highest BCUT2D eigenvalue weighted by Crippen LogP contribution is 2.41. The van der Waals surface area contributed by atoms with Crippen LogP contribution in [0.5, 0.6) is 5.75 Å². The lowest BCUT2D eigenvalue weighted by Crippen LogP contribution is -2.52. The molecule has 0 amide bonds. The Morgan fingerprint density at radius 2 is 1.93 bits per heavy atom. The Balaban J connectivity index is 1.33. The van der Waals surface area contributed by atoms with E-state index in [1.807, 2.05) is 9.80 Å². The highest BCUT2D eigenvalue weighted by molar-refractivity contribution is 7.16. The normalized spacial score (nSPS) is 19.6. The number of anilines is 2. The van der Waals surface area contributed by atoms with Crippen LogP contribution in [0.25, 0.3) is 11.3 Å². The molecule has 2 unspecified atom stereocenters. The van der Waals surface area contributed by atoms with Gasteiger partial charge in [0.05, 0.1) is 30.8 Å². The van der Waals surface area contributed by atoms with E-state index in [-0.39, 0.29) is 11.4 Å². The third-order valence-corrected chi connectivity index (χ3v) is 9.23. The zero-order chi connectivity index (χ0) is 31.6. The van der Waals surface area contributed by atoms with Crippen LogP contribution in [0.4, 0.5) is 24.1 Å². The smallest absolute Gasteiger partial charge is 0.419 e. The summed E-state index contributed by atoms with van der Waals surface area (Å²) in [6.45, 7) is 7.53. The second-order valence-corrected chi connectivity index (χ2v) is 12.1. The molecule has 0 spiro atoms. The molecule has 0 radical (unpaired) electrons. The van der Waals surface area contributed by atoms with Crippen LogP contribution in [-0.4, -0.2) is 92.9 Å². The molecule has 5 rings (SSSR count). The molecule has 3 aromatic rings. The topological polar surface area (TPSA) is 127 Å². The van der Waals surface area contributed by atoms with Crippen molar-refractivity contribution in [2.75, 3.05) is 50.1 Å². The van der Waals surface area contributed by atoms with Crippen LogP contribution in [0.15, 0.2) is 30.6 Å². The lowest BCUT2D eigenvalue weighted by molar-refractivity contribution is -0.142. The number of aliphatic hydroxyl groups is 1. The van der Waals surface area contributed by atoms with Gasteiger partial charge in [0.25, 0.3) is 0 Å². The number of rotatable bonds is 10. The maximum atomic E-state index is 13.8. The largest absolute Gasteiger partial charge is 0.496 e. The maximum absolute atomic E-state index is 13.8. The highest BCUT2D eigenvalue weighted by atomic mass is 32.1. The number of aliphatic hydroxyl groups excluding tert-OH is 1. The van der Waals surface area contributed by atoms with Crippen LogP contribution in [0, 0.1) is 0 Å². The standard InChI is InChI=1S/C29H36F3N7O4S/c1-17-5-4-8-39(17)16-23-25(19-6-7-22(43-3)20(13-19)29(30,31)32)35-28(44-23)36-26(40)21-14-34-24(15-33-21)38-11-9-37(10-12-38)18(2)27(41)42/h6-7,13-15,17-18,26,40H,4-5,8-12,16H2,1-3H3,(H,35,36)(H,41,42)/t17-,18?,26?/m1/s1. The fraction of sp³-hybridized carbons (Fsp3) is 0.517. The minimum absolute atomic E-state index is 0.252. The van der Waals surface area contributed by atoms with E-state index in [4.69, 9.17) is 4.74 Å². The number of carboxylic acid groups (broad SMARTS) is 1. The first-order chi connectivity index (χ1) is 20.9. The van der Waals surface area contributed by atoms with Crippen molar-refractivity contribution in [2.24, 2.45) is 0 Å². The third-order valence-electron chi connectivity index (χ3n) is 8.25. The number of aliphatic carboxylic acids is 1. The van der Waals surface area contributed by atoms with Crippen LogP contribution in [0.1, 0.15) is 49.1 Å². The fourth-order valence-corrected chi connectivity index (χ4v) is 6.59. The van der Waals surface area contributed by atoms with Gasteiger partial charge in [-0.2, -0.15) is 13.2 Å². The summed E-state index contributed by atoms with van der Waals surface area (Å²) in [6, 6.07) is 3.69. The first-order valence-electron chi connectivity index (χ1n) is 14.4. The number of hydrogen-bond donors (Lipinski definition) is 3. The molecule has 238 valence electrons. The summed E-state index contributed by atoms with van der Waals surface area (Å²) in [5, 5.41) is 23.5. The van der Waals surface area contributed by atoms with Gasteiger partial charge >= 0.3 is 12.1 Å². The predicted molar refractivity (Wildman–Crippen MR) is 160 cm³/mol. The van der Waals surface area contributed by atoms with E-state index < -0.39 is 30.0 Å². The molecule has 1 aromatic carbocycles. The number of halogens is 3. The first-order valence-corrected chi connectivity index (χ1v) is 15.2. The number of carbonyl (C=O) groups is 1. The summed E-state index contributed by atoms with van der Waals surface area (Å²) in [7, 11) is 1.20. The molecule has 0 saturated carbocycles. The maximum Gasteiger partial charge on any atom is 0.419 e. The first kappa shape index (κ1) is 31.9. The molecule has 2 fully saturated rings. The van der Waals surface area contributed by atoms with Crippen molar-refractivity contribution < 1.29 is 32.9 Å². The Labute approximate surface area is 257 Å². The number of ether oxygens (including phenoxy) is 1. The van der Waals surface area contributed by atoms with E-state index >= 15 is 0 Å². The highest BCUT2D eigenvalue weighted by Gasteiger charge is 2.35. The molecular formula is C29H36F3N7O4S. The van der Waals surface area contributed by atoms with E-state index in [1.165, 1.54) is 30.7 Å². The van der Waals surface area contributed by atoms with Gasteiger partial charge in [-0.1, -0.05) is 0 Å². The lowest BCUT2D eigenvalue weighted by Gasteiger charge is -2.37. The van der Waals surface area contributed by atoms with Gasteiger partial charge in [-0.25, -0.2) is 9.97 Å². The van der Waals surface area contributed by atoms with Gasteiger partial charge in [0.2, 0.25) is 0 Å². The average molecular weight is 636 g/mol. The van der Waals surface area contributed by atoms with Crippen molar-refractivity contribution in [1.82, 2.24) is 24.8 Å². The summed E-state index contributed by atoms with van der Waals surface area (Å²) >= 11 is 1.28. The Morgan fingerprint density at radius 1 is 1.18 bits per heavy atom. The summed E-state index contributed by atoms with van der Waals surface area (Å²) in [5.41, 5.74) is 0.0892. The third kappa shape index (κ3) is 7.06. The van der Waals surface area contributed by atoms with E-state index in [0.717, 1.165) is 30.3 Å². The molecule has 15 heteroatoms. The van der Waals surface area contributed by atoms with Crippen LogP contribution >= 0.6 is 11.3 Å². The van der Waals surface area contributed by atoms with Crippen LogP contribution in [0.3, 0.4) is 0 Å². The zero-order valence-corrected chi connectivity index (χ0v) is 25.5. The van der Waals surface area contributed by atoms with E-state index in [1.54, 1.807) is 19.2 Å². The molecule has 11 nitrogen and oxygen atoms in total. The molecule has 4 heterocycles. The number of hydrogen-bond acceptors (Lipinski definition) is 11. The number of likely N-dealkylation sites (tertiary alicyclic amines) is 1.